The fourth-order valence-electron chi connectivity index (χ4n) is 2.51. The summed E-state index contributed by atoms with van der Waals surface area (Å²) in [5, 5.41) is 7.58. The Kier molecular flexibility index (Phi) is 5.61. The number of nitrogens with zero attached hydrogens (tertiary/aromatic N) is 2. The van der Waals surface area contributed by atoms with Crippen LogP contribution in [0.15, 0.2) is 51.7 Å². The van der Waals surface area contributed by atoms with Gasteiger partial charge in [-0.2, -0.15) is 5.10 Å². The molecule has 2 heterocycles. The molecule has 140 valence electrons. The first kappa shape index (κ1) is 18.7. The predicted octanol–water partition coefficient (Wildman–Crippen LogP) is 2.79. The van der Waals surface area contributed by atoms with Gasteiger partial charge in [-0.3, -0.25) is 9.59 Å². The predicted molar refractivity (Wildman–Crippen MR) is 101 cm³/mol. The molecule has 0 unspecified atom stereocenters. The van der Waals surface area contributed by atoms with Gasteiger partial charge in [-0.05, 0) is 31.2 Å². The zero-order valence-electron chi connectivity index (χ0n) is 14.9. The molecule has 1 N–H and O–H groups in total. The van der Waals surface area contributed by atoms with Gasteiger partial charge in [0.15, 0.2) is 5.75 Å². The van der Waals surface area contributed by atoms with Crippen molar-refractivity contribution in [3.05, 3.63) is 69.4 Å². The summed E-state index contributed by atoms with van der Waals surface area (Å²) in [6.45, 7) is 1.84. The lowest BCUT2D eigenvalue weighted by Crippen LogP contribution is -2.33. The SMILES string of the molecule is COc1cc(=O)n(CC(=O)NCc2ccc(C)o2)nc1-c1ccc(Cl)cc1. The molecule has 1 amide bonds. The number of furan rings is 1. The highest BCUT2D eigenvalue weighted by atomic mass is 35.5. The molecule has 0 atom stereocenters. The molecular weight excluding hydrogens is 370 g/mol. The Labute approximate surface area is 160 Å². The lowest BCUT2D eigenvalue weighted by Gasteiger charge is -2.11. The van der Waals surface area contributed by atoms with Crippen molar-refractivity contribution < 1.29 is 13.9 Å². The standard InChI is InChI=1S/C19H18ClN3O4/c1-12-3-8-15(27-12)10-21-17(24)11-23-18(25)9-16(26-2)19(22-23)13-4-6-14(20)7-5-13/h3-9H,10-11H2,1-2H3,(H,21,24). The van der Waals surface area contributed by atoms with Crippen LogP contribution in [0.3, 0.4) is 0 Å². The molecule has 0 spiro atoms. The molecule has 0 radical (unpaired) electrons. The number of ether oxygens (including phenoxy) is 1. The lowest BCUT2D eigenvalue weighted by molar-refractivity contribution is -0.122. The Morgan fingerprint density at radius 2 is 2.00 bits per heavy atom. The molecule has 3 aromatic rings. The number of aromatic nitrogens is 2. The van der Waals surface area contributed by atoms with E-state index in [1.165, 1.54) is 13.2 Å². The van der Waals surface area contributed by atoms with Gasteiger partial charge in [-0.15, -0.1) is 0 Å². The van der Waals surface area contributed by atoms with E-state index in [-0.39, 0.29) is 19.0 Å². The number of methoxy groups -OCH3 is 1. The third kappa shape index (κ3) is 4.57. The molecular formula is C19H18ClN3O4. The topological polar surface area (TPSA) is 86.4 Å². The van der Waals surface area contributed by atoms with Crippen LogP contribution in [-0.2, 0) is 17.9 Å². The number of nitrogens with one attached hydrogen (secondary N) is 1. The van der Waals surface area contributed by atoms with E-state index in [9.17, 15) is 9.59 Å². The van der Waals surface area contributed by atoms with Crippen molar-refractivity contribution in [2.75, 3.05) is 7.11 Å². The first-order valence-corrected chi connectivity index (χ1v) is 8.58. The first-order valence-electron chi connectivity index (χ1n) is 8.20. The van der Waals surface area contributed by atoms with Crippen LogP contribution in [0.25, 0.3) is 11.3 Å². The van der Waals surface area contributed by atoms with Gasteiger partial charge in [-0.25, -0.2) is 4.68 Å². The van der Waals surface area contributed by atoms with Crippen LogP contribution in [0.1, 0.15) is 11.5 Å². The van der Waals surface area contributed by atoms with Crippen LogP contribution in [-0.4, -0.2) is 22.8 Å². The highest BCUT2D eigenvalue weighted by molar-refractivity contribution is 6.30. The van der Waals surface area contributed by atoms with Crippen molar-refractivity contribution in [1.82, 2.24) is 15.1 Å². The average molecular weight is 388 g/mol. The lowest BCUT2D eigenvalue weighted by atomic mass is 10.1. The second-order valence-electron chi connectivity index (χ2n) is 5.85. The number of rotatable bonds is 6. The summed E-state index contributed by atoms with van der Waals surface area (Å²) < 4.78 is 11.7. The largest absolute Gasteiger partial charge is 0.494 e. The van der Waals surface area contributed by atoms with Gasteiger partial charge in [0.25, 0.3) is 5.56 Å². The molecule has 0 aliphatic rings. The molecule has 3 rings (SSSR count). The molecule has 1 aromatic carbocycles. The Balaban J connectivity index is 1.80. The number of halogens is 1. The van der Waals surface area contributed by atoms with E-state index in [1.54, 1.807) is 30.3 Å². The van der Waals surface area contributed by atoms with Crippen molar-refractivity contribution in [2.24, 2.45) is 0 Å². The number of aryl methyl sites for hydroxylation is 1. The Morgan fingerprint density at radius 1 is 1.26 bits per heavy atom. The fraction of sp³-hybridized carbons (Fsp3) is 0.211. The fourth-order valence-corrected chi connectivity index (χ4v) is 2.63. The van der Waals surface area contributed by atoms with Gasteiger partial charge in [0.1, 0.15) is 23.8 Å². The molecule has 0 bridgehead atoms. The van der Waals surface area contributed by atoms with E-state index >= 15 is 0 Å². The number of benzene rings is 1. The monoisotopic (exact) mass is 387 g/mol. The third-order valence-corrected chi connectivity index (χ3v) is 4.10. The molecule has 0 saturated heterocycles. The van der Waals surface area contributed by atoms with Gasteiger partial charge in [0, 0.05) is 16.7 Å². The highest BCUT2D eigenvalue weighted by Crippen LogP contribution is 2.27. The van der Waals surface area contributed by atoms with Gasteiger partial charge >= 0.3 is 0 Å². The van der Waals surface area contributed by atoms with Gasteiger partial charge < -0.3 is 14.5 Å². The van der Waals surface area contributed by atoms with Crippen molar-refractivity contribution in [1.29, 1.82) is 0 Å². The van der Waals surface area contributed by atoms with Crippen molar-refractivity contribution in [3.63, 3.8) is 0 Å². The van der Waals surface area contributed by atoms with Gasteiger partial charge in [-0.1, -0.05) is 23.7 Å². The minimum atomic E-state index is -0.437. The second kappa shape index (κ2) is 8.09. The summed E-state index contributed by atoms with van der Waals surface area (Å²) in [7, 11) is 1.46. The van der Waals surface area contributed by atoms with Gasteiger partial charge in [0.2, 0.25) is 5.91 Å². The minimum absolute atomic E-state index is 0.219. The van der Waals surface area contributed by atoms with Crippen LogP contribution >= 0.6 is 11.6 Å². The van der Waals surface area contributed by atoms with Crippen LogP contribution in [0.2, 0.25) is 5.02 Å². The summed E-state index contributed by atoms with van der Waals surface area (Å²) in [5.74, 6) is 1.37. The maximum absolute atomic E-state index is 12.3. The quantitative estimate of drug-likeness (QED) is 0.702. The Hall–Kier alpha value is -3.06. The maximum atomic E-state index is 12.3. The van der Waals surface area contributed by atoms with Crippen molar-refractivity contribution >= 4 is 17.5 Å². The van der Waals surface area contributed by atoms with E-state index in [2.05, 4.69) is 10.4 Å². The average Bonchev–Trinajstić information content (AvgIpc) is 3.07. The summed E-state index contributed by atoms with van der Waals surface area (Å²) in [6.07, 6.45) is 0. The zero-order chi connectivity index (χ0) is 19.4. The minimum Gasteiger partial charge on any atom is -0.494 e. The van der Waals surface area contributed by atoms with Crippen LogP contribution in [0, 0.1) is 6.92 Å². The molecule has 2 aromatic heterocycles. The van der Waals surface area contributed by atoms with Crippen molar-refractivity contribution in [2.45, 2.75) is 20.0 Å². The zero-order valence-corrected chi connectivity index (χ0v) is 15.6. The molecule has 0 saturated carbocycles. The van der Waals surface area contributed by atoms with Crippen LogP contribution < -0.4 is 15.6 Å². The van der Waals surface area contributed by atoms with Crippen LogP contribution in [0.4, 0.5) is 0 Å². The van der Waals surface area contributed by atoms with Crippen molar-refractivity contribution in [3.8, 4) is 17.0 Å². The maximum Gasteiger partial charge on any atom is 0.270 e. The summed E-state index contributed by atoms with van der Waals surface area (Å²) in [5.41, 5.74) is 0.730. The number of hydrogen-bond acceptors (Lipinski definition) is 5. The number of amides is 1. The number of hydrogen-bond donors (Lipinski definition) is 1. The molecule has 0 aliphatic carbocycles. The smallest absolute Gasteiger partial charge is 0.270 e. The second-order valence-corrected chi connectivity index (χ2v) is 6.29. The van der Waals surface area contributed by atoms with E-state index in [1.807, 2.05) is 13.0 Å². The normalized spacial score (nSPS) is 10.6. The molecule has 0 fully saturated rings. The molecule has 0 aliphatic heterocycles. The summed E-state index contributed by atoms with van der Waals surface area (Å²) in [6, 6.07) is 11.9. The first-order chi connectivity index (χ1) is 13.0. The van der Waals surface area contributed by atoms with Gasteiger partial charge in [0.05, 0.1) is 13.7 Å². The molecule has 27 heavy (non-hydrogen) atoms. The number of carbonyl (C=O) groups excluding carboxylic acids is 1. The van der Waals surface area contributed by atoms with E-state index in [0.717, 1.165) is 16.0 Å². The van der Waals surface area contributed by atoms with E-state index in [4.69, 9.17) is 20.8 Å². The third-order valence-electron chi connectivity index (χ3n) is 3.85. The Bertz CT molecular complexity index is 1010. The molecule has 8 heteroatoms. The number of carbonyl (C=O) groups is 1. The van der Waals surface area contributed by atoms with E-state index in [0.29, 0.717) is 22.2 Å². The van der Waals surface area contributed by atoms with E-state index < -0.39 is 5.56 Å². The summed E-state index contributed by atoms with van der Waals surface area (Å²) in [4.78, 5) is 24.4. The van der Waals surface area contributed by atoms with Crippen LogP contribution in [0.5, 0.6) is 5.75 Å². The molecule has 7 nitrogen and oxygen atoms in total. The summed E-state index contributed by atoms with van der Waals surface area (Å²) >= 11 is 5.92. The Morgan fingerprint density at radius 3 is 2.63 bits per heavy atom. The highest BCUT2D eigenvalue weighted by Gasteiger charge is 2.14.